The second kappa shape index (κ2) is 8.92. The molecule has 0 spiro atoms. The van der Waals surface area contributed by atoms with Crippen LogP contribution in [0.15, 0.2) is 54.6 Å². The molecule has 2 heterocycles. The Kier molecular flexibility index (Phi) is 5.85. The zero-order valence-corrected chi connectivity index (χ0v) is 17.6. The number of para-hydroxylation sites is 1. The molecular formula is C25H26O7. The molecule has 2 fully saturated rings. The summed E-state index contributed by atoms with van der Waals surface area (Å²) in [7, 11) is 0. The highest BCUT2D eigenvalue weighted by Gasteiger charge is 2.51. The van der Waals surface area contributed by atoms with Gasteiger partial charge in [-0.3, -0.25) is 4.79 Å². The van der Waals surface area contributed by atoms with Crippen LogP contribution in [0.5, 0.6) is 5.75 Å². The third kappa shape index (κ3) is 4.23. The van der Waals surface area contributed by atoms with Crippen LogP contribution in [-0.4, -0.2) is 41.6 Å². The minimum atomic E-state index is -0.842. The Morgan fingerprint density at radius 1 is 1.09 bits per heavy atom. The van der Waals surface area contributed by atoms with Crippen LogP contribution in [0, 0.1) is 11.8 Å². The summed E-state index contributed by atoms with van der Waals surface area (Å²) >= 11 is 0. The van der Waals surface area contributed by atoms with Gasteiger partial charge < -0.3 is 24.1 Å². The quantitative estimate of drug-likeness (QED) is 0.693. The average Bonchev–Trinajstić information content (AvgIpc) is 3.33. The van der Waals surface area contributed by atoms with E-state index < -0.39 is 12.4 Å². The van der Waals surface area contributed by atoms with Gasteiger partial charge in [-0.25, -0.2) is 4.79 Å². The van der Waals surface area contributed by atoms with Crippen molar-refractivity contribution >= 4 is 11.9 Å². The number of carbonyl (C=O) groups is 2. The lowest BCUT2D eigenvalue weighted by molar-refractivity contribution is -0.168. The summed E-state index contributed by atoms with van der Waals surface area (Å²) in [6, 6.07) is 16.4. The molecule has 0 radical (unpaired) electrons. The van der Waals surface area contributed by atoms with Crippen molar-refractivity contribution in [2.75, 3.05) is 0 Å². The topological polar surface area (TPSA) is 91.3 Å². The van der Waals surface area contributed by atoms with Crippen LogP contribution in [-0.2, 0) is 25.6 Å². The summed E-state index contributed by atoms with van der Waals surface area (Å²) in [6.07, 6.45) is -0.446. The van der Waals surface area contributed by atoms with E-state index in [0.717, 1.165) is 5.56 Å². The molecule has 3 aliphatic rings. The van der Waals surface area contributed by atoms with Crippen LogP contribution >= 0.6 is 0 Å². The second-order valence-electron chi connectivity index (χ2n) is 8.66. The van der Waals surface area contributed by atoms with Crippen LogP contribution in [0.3, 0.4) is 0 Å². The zero-order chi connectivity index (χ0) is 22.1. The van der Waals surface area contributed by atoms with Crippen LogP contribution in [0.25, 0.3) is 0 Å². The molecular weight excluding hydrogens is 412 g/mol. The smallest absolute Gasteiger partial charge is 0.338 e. The molecule has 0 bridgehead atoms. The highest BCUT2D eigenvalue weighted by Crippen LogP contribution is 2.45. The summed E-state index contributed by atoms with van der Waals surface area (Å²) in [5.41, 5.74) is 1.44. The number of hydrogen-bond acceptors (Lipinski definition) is 7. The van der Waals surface area contributed by atoms with Crippen molar-refractivity contribution < 1.29 is 33.6 Å². The molecule has 1 N–H and O–H groups in total. The van der Waals surface area contributed by atoms with E-state index >= 15 is 0 Å². The molecule has 2 aliphatic heterocycles. The van der Waals surface area contributed by atoms with Gasteiger partial charge in [-0.1, -0.05) is 36.4 Å². The maximum Gasteiger partial charge on any atom is 0.338 e. The number of ether oxygens (including phenoxy) is 4. The first-order valence-corrected chi connectivity index (χ1v) is 11.1. The lowest BCUT2D eigenvalue weighted by atomic mass is 9.87. The van der Waals surface area contributed by atoms with Gasteiger partial charge in [-0.15, -0.1) is 0 Å². The molecule has 1 saturated heterocycles. The number of hydrogen-bond donors (Lipinski definition) is 1. The minimum absolute atomic E-state index is 0.0165. The Morgan fingerprint density at radius 2 is 1.88 bits per heavy atom. The Morgan fingerprint density at radius 3 is 2.72 bits per heavy atom. The number of carbonyl (C=O) groups excluding carboxylic acids is 2. The third-order valence-electron chi connectivity index (χ3n) is 6.65. The van der Waals surface area contributed by atoms with Crippen molar-refractivity contribution in [3.05, 3.63) is 65.7 Å². The second-order valence-corrected chi connectivity index (χ2v) is 8.66. The van der Waals surface area contributed by atoms with Crippen molar-refractivity contribution in [3.8, 4) is 5.75 Å². The first-order chi connectivity index (χ1) is 15.6. The molecule has 2 aromatic carbocycles. The van der Waals surface area contributed by atoms with Crippen LogP contribution in [0.1, 0.15) is 41.6 Å². The standard InChI is InChI=1S/C25H26O7/c26-19(25-29-14-16-8-4-5-9-20(16)32-25)11-10-17-18-12-23(27)30-22(18)13-21(17)31-24(28)15-6-2-1-3-7-15/h1-9,17-19,21-22,25-26H,10-14H2/t17-,18-,19+,21-,22+,25?/m1/s1. The van der Waals surface area contributed by atoms with E-state index in [1.165, 1.54) is 0 Å². The highest BCUT2D eigenvalue weighted by atomic mass is 16.7. The van der Waals surface area contributed by atoms with E-state index in [4.69, 9.17) is 18.9 Å². The first kappa shape index (κ1) is 21.0. The van der Waals surface area contributed by atoms with Gasteiger partial charge in [-0.05, 0) is 31.0 Å². The molecule has 1 saturated carbocycles. The fourth-order valence-corrected chi connectivity index (χ4v) is 5.03. The molecule has 7 heteroatoms. The third-order valence-corrected chi connectivity index (χ3v) is 6.65. The predicted octanol–water partition coefficient (Wildman–Crippen LogP) is 3.24. The van der Waals surface area contributed by atoms with Gasteiger partial charge in [0.15, 0.2) is 0 Å². The van der Waals surface area contributed by atoms with Crippen molar-refractivity contribution in [3.63, 3.8) is 0 Å². The summed E-state index contributed by atoms with van der Waals surface area (Å²) < 4.78 is 22.8. The summed E-state index contributed by atoms with van der Waals surface area (Å²) in [5, 5.41) is 10.7. The minimum Gasteiger partial charge on any atom is -0.462 e. The van der Waals surface area contributed by atoms with Gasteiger partial charge in [-0.2, -0.15) is 0 Å². The summed E-state index contributed by atoms with van der Waals surface area (Å²) in [6.45, 7) is 0.381. The van der Waals surface area contributed by atoms with Crippen LogP contribution in [0.2, 0.25) is 0 Å². The maximum atomic E-state index is 12.6. The Labute approximate surface area is 186 Å². The summed E-state index contributed by atoms with van der Waals surface area (Å²) in [5.74, 6) is 0.0203. The lowest BCUT2D eigenvalue weighted by Gasteiger charge is -2.31. The monoisotopic (exact) mass is 438 g/mol. The average molecular weight is 438 g/mol. The summed E-state index contributed by atoms with van der Waals surface area (Å²) in [4.78, 5) is 24.4. The van der Waals surface area contributed by atoms with Gasteiger partial charge in [0.1, 0.15) is 24.1 Å². The molecule has 1 aliphatic carbocycles. The number of fused-ring (bicyclic) bond motifs is 2. The molecule has 7 nitrogen and oxygen atoms in total. The lowest BCUT2D eigenvalue weighted by Crippen LogP contribution is -2.38. The van der Waals surface area contributed by atoms with E-state index in [9.17, 15) is 14.7 Å². The van der Waals surface area contributed by atoms with Crippen molar-refractivity contribution in [2.45, 2.75) is 56.9 Å². The van der Waals surface area contributed by atoms with E-state index in [2.05, 4.69) is 0 Å². The van der Waals surface area contributed by atoms with Crippen LogP contribution < -0.4 is 4.74 Å². The van der Waals surface area contributed by atoms with E-state index in [-0.39, 0.29) is 36.0 Å². The normalized spacial score (nSPS) is 29.4. The molecule has 0 aromatic heterocycles. The number of rotatable bonds is 6. The number of aliphatic hydroxyl groups excluding tert-OH is 1. The van der Waals surface area contributed by atoms with E-state index in [1.54, 1.807) is 24.3 Å². The number of aliphatic hydroxyl groups is 1. The zero-order valence-electron chi connectivity index (χ0n) is 17.6. The van der Waals surface area contributed by atoms with Crippen molar-refractivity contribution in [2.24, 2.45) is 11.8 Å². The molecule has 6 atom stereocenters. The fraction of sp³-hybridized carbons (Fsp3) is 0.440. The molecule has 1 unspecified atom stereocenters. The maximum absolute atomic E-state index is 12.6. The predicted molar refractivity (Wildman–Crippen MR) is 113 cm³/mol. The molecule has 0 amide bonds. The van der Waals surface area contributed by atoms with Gasteiger partial charge in [0.25, 0.3) is 0 Å². The van der Waals surface area contributed by atoms with Crippen LogP contribution in [0.4, 0.5) is 0 Å². The van der Waals surface area contributed by atoms with Crippen molar-refractivity contribution in [1.82, 2.24) is 0 Å². The molecule has 2 aromatic rings. The Balaban J connectivity index is 1.23. The van der Waals surface area contributed by atoms with Gasteiger partial charge in [0.05, 0.1) is 18.6 Å². The van der Waals surface area contributed by atoms with E-state index in [1.807, 2.05) is 30.3 Å². The van der Waals surface area contributed by atoms with E-state index in [0.29, 0.717) is 43.6 Å². The molecule has 5 rings (SSSR count). The Hall–Kier alpha value is -2.90. The molecule has 32 heavy (non-hydrogen) atoms. The molecule has 168 valence electrons. The SMILES string of the molecule is O=C1C[C@@H]2[C@@H](CC[C@H](O)C3OCc4ccccc4O3)[C@H](OC(=O)c3ccccc3)C[C@@H]2O1. The Bertz CT molecular complexity index is 975. The van der Waals surface area contributed by atoms with Gasteiger partial charge >= 0.3 is 11.9 Å². The van der Waals surface area contributed by atoms with Gasteiger partial charge in [0, 0.05) is 23.8 Å². The highest BCUT2D eigenvalue weighted by molar-refractivity contribution is 5.89. The number of benzene rings is 2. The van der Waals surface area contributed by atoms with Gasteiger partial charge in [0.2, 0.25) is 6.29 Å². The van der Waals surface area contributed by atoms with Crippen molar-refractivity contribution in [1.29, 1.82) is 0 Å². The first-order valence-electron chi connectivity index (χ1n) is 11.1. The fourth-order valence-electron chi connectivity index (χ4n) is 5.03. The largest absolute Gasteiger partial charge is 0.462 e. The number of esters is 2.